The third kappa shape index (κ3) is 4.06. The zero-order chi connectivity index (χ0) is 12.0. The van der Waals surface area contributed by atoms with E-state index in [-0.39, 0.29) is 5.91 Å². The molecule has 1 rings (SSSR count). The van der Waals surface area contributed by atoms with Gasteiger partial charge in [-0.3, -0.25) is 4.79 Å². The van der Waals surface area contributed by atoms with E-state index in [0.29, 0.717) is 6.54 Å². The molecule has 1 aromatic carbocycles. The highest BCUT2D eigenvalue weighted by Crippen LogP contribution is 2.23. The standard InChI is InChI=1S/C12H14BrNO2/c1-9(15)14-7-3-4-10-8-11(16-2)5-6-12(10)13/h3-6,8H,7H2,1-2H3,(H,14,15). The summed E-state index contributed by atoms with van der Waals surface area (Å²) in [5.41, 5.74) is 1.02. The Bertz CT molecular complexity index is 402. The third-order valence-electron chi connectivity index (χ3n) is 1.97. The normalized spacial score (nSPS) is 10.4. The van der Waals surface area contributed by atoms with Gasteiger partial charge in [-0.2, -0.15) is 0 Å². The first-order chi connectivity index (χ1) is 7.63. The average Bonchev–Trinajstić information content (AvgIpc) is 2.26. The monoisotopic (exact) mass is 283 g/mol. The number of ether oxygens (including phenoxy) is 1. The van der Waals surface area contributed by atoms with Crippen molar-refractivity contribution in [1.82, 2.24) is 5.32 Å². The topological polar surface area (TPSA) is 38.3 Å². The van der Waals surface area contributed by atoms with Crippen LogP contribution in [0.3, 0.4) is 0 Å². The quantitative estimate of drug-likeness (QED) is 0.923. The lowest BCUT2D eigenvalue weighted by atomic mass is 10.2. The molecule has 0 bridgehead atoms. The van der Waals surface area contributed by atoms with Crippen molar-refractivity contribution in [2.45, 2.75) is 6.92 Å². The Morgan fingerprint density at radius 1 is 1.56 bits per heavy atom. The predicted molar refractivity (Wildman–Crippen MR) is 68.4 cm³/mol. The van der Waals surface area contributed by atoms with Crippen LogP contribution in [0.25, 0.3) is 6.08 Å². The van der Waals surface area contributed by atoms with Crippen LogP contribution in [0.1, 0.15) is 12.5 Å². The molecule has 16 heavy (non-hydrogen) atoms. The van der Waals surface area contributed by atoms with Gasteiger partial charge in [-0.25, -0.2) is 0 Å². The second kappa shape index (κ2) is 6.33. The Balaban J connectivity index is 2.68. The van der Waals surface area contributed by atoms with E-state index in [1.54, 1.807) is 7.11 Å². The van der Waals surface area contributed by atoms with Gasteiger partial charge < -0.3 is 10.1 Å². The molecule has 0 aromatic heterocycles. The van der Waals surface area contributed by atoms with Crippen molar-refractivity contribution in [2.75, 3.05) is 13.7 Å². The van der Waals surface area contributed by atoms with Gasteiger partial charge in [-0.1, -0.05) is 28.1 Å². The Morgan fingerprint density at radius 2 is 2.31 bits per heavy atom. The van der Waals surface area contributed by atoms with Gasteiger partial charge in [-0.15, -0.1) is 0 Å². The Hall–Kier alpha value is -1.29. The molecule has 0 saturated heterocycles. The first-order valence-electron chi connectivity index (χ1n) is 4.88. The molecular weight excluding hydrogens is 270 g/mol. The van der Waals surface area contributed by atoms with Crippen LogP contribution in [-0.2, 0) is 4.79 Å². The van der Waals surface area contributed by atoms with Gasteiger partial charge in [0.25, 0.3) is 0 Å². The molecule has 0 aliphatic heterocycles. The van der Waals surface area contributed by atoms with E-state index < -0.39 is 0 Å². The summed E-state index contributed by atoms with van der Waals surface area (Å²) in [6, 6.07) is 5.74. The first-order valence-corrected chi connectivity index (χ1v) is 5.67. The van der Waals surface area contributed by atoms with E-state index in [4.69, 9.17) is 4.74 Å². The molecule has 0 unspecified atom stereocenters. The number of amides is 1. The summed E-state index contributed by atoms with van der Waals surface area (Å²) < 4.78 is 6.12. The fourth-order valence-corrected chi connectivity index (χ4v) is 1.54. The van der Waals surface area contributed by atoms with Crippen LogP contribution in [0, 0.1) is 0 Å². The second-order valence-corrected chi connectivity index (χ2v) is 4.08. The zero-order valence-corrected chi connectivity index (χ0v) is 10.9. The molecule has 0 heterocycles. The minimum Gasteiger partial charge on any atom is -0.497 e. The third-order valence-corrected chi connectivity index (χ3v) is 2.69. The van der Waals surface area contributed by atoms with Crippen molar-refractivity contribution in [3.63, 3.8) is 0 Å². The number of benzene rings is 1. The molecule has 0 aliphatic carbocycles. The molecule has 3 nitrogen and oxygen atoms in total. The molecule has 1 amide bonds. The SMILES string of the molecule is COc1ccc(Br)c(C=CCNC(C)=O)c1. The molecule has 0 aliphatic rings. The van der Waals surface area contributed by atoms with Crippen LogP contribution in [0.4, 0.5) is 0 Å². The van der Waals surface area contributed by atoms with Gasteiger partial charge in [0, 0.05) is 17.9 Å². The maximum atomic E-state index is 10.6. The summed E-state index contributed by atoms with van der Waals surface area (Å²) in [6.07, 6.45) is 3.82. The molecule has 0 spiro atoms. The number of nitrogens with one attached hydrogen (secondary N) is 1. The van der Waals surface area contributed by atoms with Gasteiger partial charge in [-0.05, 0) is 23.8 Å². The lowest BCUT2D eigenvalue weighted by molar-refractivity contribution is -0.118. The molecule has 1 aromatic rings. The molecule has 0 radical (unpaired) electrons. The first kappa shape index (κ1) is 12.8. The second-order valence-electron chi connectivity index (χ2n) is 3.23. The smallest absolute Gasteiger partial charge is 0.217 e. The van der Waals surface area contributed by atoms with E-state index in [2.05, 4.69) is 21.2 Å². The lowest BCUT2D eigenvalue weighted by Crippen LogP contribution is -2.19. The van der Waals surface area contributed by atoms with Gasteiger partial charge in [0.15, 0.2) is 0 Å². The van der Waals surface area contributed by atoms with Gasteiger partial charge in [0.2, 0.25) is 5.91 Å². The number of rotatable bonds is 4. The van der Waals surface area contributed by atoms with Crippen molar-refractivity contribution in [2.24, 2.45) is 0 Å². The summed E-state index contributed by atoms with van der Waals surface area (Å²) in [5, 5.41) is 2.69. The molecule has 0 fully saturated rings. The largest absolute Gasteiger partial charge is 0.497 e. The van der Waals surface area contributed by atoms with Crippen molar-refractivity contribution in [3.8, 4) is 5.75 Å². The van der Waals surface area contributed by atoms with E-state index in [1.165, 1.54) is 6.92 Å². The number of methoxy groups -OCH3 is 1. The number of carbonyl (C=O) groups is 1. The van der Waals surface area contributed by atoms with Crippen LogP contribution in [0.15, 0.2) is 28.7 Å². The van der Waals surface area contributed by atoms with Crippen LogP contribution in [-0.4, -0.2) is 19.6 Å². The van der Waals surface area contributed by atoms with Gasteiger partial charge >= 0.3 is 0 Å². The number of hydrogen-bond donors (Lipinski definition) is 1. The van der Waals surface area contributed by atoms with E-state index in [9.17, 15) is 4.79 Å². The number of hydrogen-bond acceptors (Lipinski definition) is 2. The lowest BCUT2D eigenvalue weighted by Gasteiger charge is -2.03. The summed E-state index contributed by atoms with van der Waals surface area (Å²) in [4.78, 5) is 10.6. The molecule has 1 N–H and O–H groups in total. The number of carbonyl (C=O) groups excluding carboxylic acids is 1. The number of halogens is 1. The average molecular weight is 284 g/mol. The van der Waals surface area contributed by atoms with Gasteiger partial charge in [0.1, 0.15) is 5.75 Å². The van der Waals surface area contributed by atoms with Crippen molar-refractivity contribution < 1.29 is 9.53 Å². The molecular formula is C12H14BrNO2. The summed E-state index contributed by atoms with van der Waals surface area (Å²) >= 11 is 3.45. The van der Waals surface area contributed by atoms with E-state index in [1.807, 2.05) is 30.4 Å². The highest BCUT2D eigenvalue weighted by molar-refractivity contribution is 9.10. The van der Waals surface area contributed by atoms with Crippen LogP contribution >= 0.6 is 15.9 Å². The van der Waals surface area contributed by atoms with Crippen molar-refractivity contribution in [1.29, 1.82) is 0 Å². The summed E-state index contributed by atoms with van der Waals surface area (Å²) in [5.74, 6) is 0.775. The fourth-order valence-electron chi connectivity index (χ4n) is 1.17. The Morgan fingerprint density at radius 3 is 2.94 bits per heavy atom. The minimum atomic E-state index is -0.0330. The fraction of sp³-hybridized carbons (Fsp3) is 0.250. The van der Waals surface area contributed by atoms with Crippen LogP contribution in [0.2, 0.25) is 0 Å². The van der Waals surface area contributed by atoms with E-state index >= 15 is 0 Å². The van der Waals surface area contributed by atoms with Crippen molar-refractivity contribution in [3.05, 3.63) is 34.3 Å². The van der Waals surface area contributed by atoms with Crippen LogP contribution in [0.5, 0.6) is 5.75 Å². The van der Waals surface area contributed by atoms with Gasteiger partial charge in [0.05, 0.1) is 7.11 Å². The Labute approximate surface area is 104 Å². The van der Waals surface area contributed by atoms with Crippen LogP contribution < -0.4 is 10.1 Å². The molecule has 86 valence electrons. The zero-order valence-electron chi connectivity index (χ0n) is 9.29. The summed E-state index contributed by atoms with van der Waals surface area (Å²) in [7, 11) is 1.63. The van der Waals surface area contributed by atoms with Crippen molar-refractivity contribution >= 4 is 27.9 Å². The summed E-state index contributed by atoms with van der Waals surface area (Å²) in [6.45, 7) is 2.02. The molecule has 0 atom stereocenters. The highest BCUT2D eigenvalue weighted by atomic mass is 79.9. The highest BCUT2D eigenvalue weighted by Gasteiger charge is 1.98. The van der Waals surface area contributed by atoms with E-state index in [0.717, 1.165) is 15.8 Å². The predicted octanol–water partition coefficient (Wildman–Crippen LogP) is 2.61. The maximum absolute atomic E-state index is 10.6. The Kier molecular flexibility index (Phi) is 5.05. The molecule has 4 heteroatoms. The minimum absolute atomic E-state index is 0.0330. The molecule has 0 saturated carbocycles. The maximum Gasteiger partial charge on any atom is 0.217 e.